The summed E-state index contributed by atoms with van der Waals surface area (Å²) < 4.78 is 1.98. The molecule has 5 nitrogen and oxygen atoms in total. The summed E-state index contributed by atoms with van der Waals surface area (Å²) in [6.07, 6.45) is 5.62. The predicted molar refractivity (Wildman–Crippen MR) is 87.7 cm³/mol. The van der Waals surface area contributed by atoms with Gasteiger partial charge in [0.15, 0.2) is 0 Å². The molecule has 0 saturated heterocycles. The molecule has 1 aromatic rings. The Balaban J connectivity index is 1.88. The van der Waals surface area contributed by atoms with E-state index in [1.807, 2.05) is 23.4 Å². The van der Waals surface area contributed by atoms with Crippen LogP contribution in [0.1, 0.15) is 43.1 Å². The Morgan fingerprint density at radius 3 is 2.81 bits per heavy atom. The average molecular weight is 310 g/mol. The van der Waals surface area contributed by atoms with Gasteiger partial charge in [0.25, 0.3) is 0 Å². The molecule has 6 heteroatoms. The van der Waals surface area contributed by atoms with Gasteiger partial charge >= 0.3 is 6.03 Å². The van der Waals surface area contributed by atoms with Crippen molar-refractivity contribution in [1.82, 2.24) is 20.4 Å². The zero-order valence-electron chi connectivity index (χ0n) is 13.4. The first kappa shape index (κ1) is 16.2. The molecule has 0 spiro atoms. The lowest BCUT2D eigenvalue weighted by molar-refractivity contribution is 0.237. The van der Waals surface area contributed by atoms with E-state index in [9.17, 15) is 4.79 Å². The smallest absolute Gasteiger partial charge is 0.315 e. The Hall–Kier alpha value is -1.17. The summed E-state index contributed by atoms with van der Waals surface area (Å²) in [4.78, 5) is 12.1. The van der Waals surface area contributed by atoms with E-state index in [0.29, 0.717) is 17.8 Å². The predicted octanol–water partition coefficient (Wildman–Crippen LogP) is 2.60. The van der Waals surface area contributed by atoms with Crippen molar-refractivity contribution >= 4 is 17.8 Å². The van der Waals surface area contributed by atoms with Gasteiger partial charge in [-0.1, -0.05) is 6.42 Å². The highest BCUT2D eigenvalue weighted by molar-refractivity contribution is 7.99. The molecule has 1 fully saturated rings. The maximum absolute atomic E-state index is 12.1. The van der Waals surface area contributed by atoms with Crippen LogP contribution in [0.25, 0.3) is 0 Å². The van der Waals surface area contributed by atoms with Gasteiger partial charge in [-0.15, -0.1) is 0 Å². The number of hydrogen-bond acceptors (Lipinski definition) is 3. The van der Waals surface area contributed by atoms with Gasteiger partial charge in [0.2, 0.25) is 0 Å². The number of carbonyl (C=O) groups is 1. The molecule has 2 atom stereocenters. The van der Waals surface area contributed by atoms with E-state index >= 15 is 0 Å². The zero-order chi connectivity index (χ0) is 15.4. The summed E-state index contributed by atoms with van der Waals surface area (Å²) in [7, 11) is 0. The molecule has 1 aliphatic rings. The van der Waals surface area contributed by atoms with Gasteiger partial charge in [-0.2, -0.15) is 16.9 Å². The number of urea groups is 1. The van der Waals surface area contributed by atoms with Crippen LogP contribution in [-0.2, 0) is 13.1 Å². The number of nitrogens with zero attached hydrogens (tertiary/aromatic N) is 2. The third kappa shape index (κ3) is 3.73. The summed E-state index contributed by atoms with van der Waals surface area (Å²) in [6, 6.07) is 0.240. The minimum Gasteiger partial charge on any atom is -0.334 e. The lowest BCUT2D eigenvalue weighted by Crippen LogP contribution is -2.44. The molecule has 2 rings (SSSR count). The zero-order valence-corrected chi connectivity index (χ0v) is 14.2. The molecule has 2 N–H and O–H groups in total. The second kappa shape index (κ2) is 7.20. The first-order valence-corrected chi connectivity index (χ1v) is 8.95. The van der Waals surface area contributed by atoms with Crippen molar-refractivity contribution in [2.75, 3.05) is 6.26 Å². The maximum Gasteiger partial charge on any atom is 0.315 e. The molecule has 1 saturated carbocycles. The van der Waals surface area contributed by atoms with Gasteiger partial charge in [0.05, 0.1) is 5.69 Å². The van der Waals surface area contributed by atoms with Crippen LogP contribution in [0.3, 0.4) is 0 Å². The molecule has 1 aliphatic carbocycles. The monoisotopic (exact) mass is 310 g/mol. The highest BCUT2D eigenvalue weighted by atomic mass is 32.2. The van der Waals surface area contributed by atoms with Crippen molar-refractivity contribution in [3.8, 4) is 0 Å². The van der Waals surface area contributed by atoms with E-state index in [4.69, 9.17) is 0 Å². The van der Waals surface area contributed by atoms with Crippen molar-refractivity contribution < 1.29 is 4.79 Å². The first-order chi connectivity index (χ1) is 10.1. The van der Waals surface area contributed by atoms with Crippen LogP contribution in [0.2, 0.25) is 0 Å². The Labute approximate surface area is 131 Å². The average Bonchev–Trinajstić information content (AvgIpc) is 3.01. The van der Waals surface area contributed by atoms with Crippen LogP contribution in [0.15, 0.2) is 0 Å². The lowest BCUT2D eigenvalue weighted by atomic mass is 10.2. The maximum atomic E-state index is 12.1. The highest BCUT2D eigenvalue weighted by Gasteiger charge is 2.27. The molecule has 1 aromatic heterocycles. The third-order valence-corrected chi connectivity index (χ3v) is 5.50. The van der Waals surface area contributed by atoms with Gasteiger partial charge in [-0.3, -0.25) is 4.68 Å². The van der Waals surface area contributed by atoms with E-state index in [-0.39, 0.29) is 6.03 Å². The molecule has 0 unspecified atom stereocenters. The van der Waals surface area contributed by atoms with E-state index in [1.54, 1.807) is 0 Å². The number of aromatic nitrogens is 2. The summed E-state index contributed by atoms with van der Waals surface area (Å²) in [6.45, 7) is 7.52. The summed E-state index contributed by atoms with van der Waals surface area (Å²) >= 11 is 1.85. The van der Waals surface area contributed by atoms with Gasteiger partial charge < -0.3 is 10.6 Å². The van der Waals surface area contributed by atoms with Gasteiger partial charge in [-0.25, -0.2) is 4.79 Å². The molecule has 118 valence electrons. The first-order valence-electron chi connectivity index (χ1n) is 7.66. The van der Waals surface area contributed by atoms with E-state index in [1.165, 1.54) is 12.8 Å². The second-order valence-electron chi connectivity index (χ2n) is 5.60. The van der Waals surface area contributed by atoms with Crippen LogP contribution in [-0.4, -0.2) is 33.4 Å². The fraction of sp³-hybridized carbons (Fsp3) is 0.733. The minimum atomic E-state index is -0.0657. The van der Waals surface area contributed by atoms with Gasteiger partial charge in [0, 0.05) is 35.6 Å². The molecule has 21 heavy (non-hydrogen) atoms. The Morgan fingerprint density at radius 1 is 1.43 bits per heavy atom. The van der Waals surface area contributed by atoms with Gasteiger partial charge in [-0.05, 0) is 39.9 Å². The SMILES string of the molecule is CCn1nc(C)c(CNC(=O)N[C@@H]2CCC[C@@H]2SC)c1C. The standard InChI is InChI=1S/C15H26N4OS/c1-5-19-11(3)12(10(2)18-19)9-16-15(20)17-13-7-6-8-14(13)21-4/h13-14H,5-9H2,1-4H3,(H2,16,17,20)/t13-,14+/m1/s1. The minimum absolute atomic E-state index is 0.0657. The van der Waals surface area contributed by atoms with Crippen molar-refractivity contribution in [3.05, 3.63) is 17.0 Å². The fourth-order valence-corrected chi connectivity index (χ4v) is 3.99. The summed E-state index contributed by atoms with van der Waals surface area (Å²) in [5.41, 5.74) is 3.26. The number of nitrogens with one attached hydrogen (secondary N) is 2. The van der Waals surface area contributed by atoms with E-state index < -0.39 is 0 Å². The second-order valence-corrected chi connectivity index (χ2v) is 6.68. The van der Waals surface area contributed by atoms with Crippen molar-refractivity contribution in [2.24, 2.45) is 0 Å². The van der Waals surface area contributed by atoms with E-state index in [0.717, 1.165) is 29.9 Å². The molecule has 0 aromatic carbocycles. The molecule has 0 bridgehead atoms. The van der Waals surface area contributed by atoms with Crippen LogP contribution in [0.5, 0.6) is 0 Å². The molecule has 0 aliphatic heterocycles. The largest absolute Gasteiger partial charge is 0.334 e. The lowest BCUT2D eigenvalue weighted by Gasteiger charge is -2.19. The number of amides is 2. The Morgan fingerprint density at radius 2 is 2.19 bits per heavy atom. The third-order valence-electron chi connectivity index (χ3n) is 4.33. The van der Waals surface area contributed by atoms with Crippen LogP contribution < -0.4 is 10.6 Å². The molecule has 1 heterocycles. The fourth-order valence-electron chi connectivity index (χ4n) is 3.06. The number of carbonyl (C=O) groups excluding carboxylic acids is 1. The van der Waals surface area contributed by atoms with Crippen molar-refractivity contribution in [3.63, 3.8) is 0 Å². The van der Waals surface area contributed by atoms with Crippen molar-refractivity contribution in [1.29, 1.82) is 0 Å². The highest BCUT2D eigenvalue weighted by Crippen LogP contribution is 2.28. The topological polar surface area (TPSA) is 59.0 Å². The van der Waals surface area contributed by atoms with Crippen LogP contribution in [0, 0.1) is 13.8 Å². The van der Waals surface area contributed by atoms with Crippen molar-refractivity contribution in [2.45, 2.75) is 64.4 Å². The number of hydrogen-bond donors (Lipinski definition) is 2. The molecule has 2 amide bonds. The summed E-state index contributed by atoms with van der Waals surface area (Å²) in [5.74, 6) is 0. The normalized spacial score (nSPS) is 21.5. The number of aryl methyl sites for hydroxylation is 2. The molecular weight excluding hydrogens is 284 g/mol. The summed E-state index contributed by atoms with van der Waals surface area (Å²) in [5, 5.41) is 11.1. The number of rotatable bonds is 5. The Bertz CT molecular complexity index is 500. The number of thioether (sulfide) groups is 1. The van der Waals surface area contributed by atoms with Gasteiger partial charge in [0.1, 0.15) is 0 Å². The van der Waals surface area contributed by atoms with E-state index in [2.05, 4.69) is 35.8 Å². The quantitative estimate of drug-likeness (QED) is 0.879. The molecule has 0 radical (unpaired) electrons. The van der Waals surface area contributed by atoms with Crippen LogP contribution in [0.4, 0.5) is 4.79 Å². The van der Waals surface area contributed by atoms with Crippen LogP contribution >= 0.6 is 11.8 Å². The molecular formula is C15H26N4OS. The Kier molecular flexibility index (Phi) is 5.56.